The second-order valence-electron chi connectivity index (χ2n) is 6.44. The lowest BCUT2D eigenvalue weighted by atomic mass is 10.0. The Morgan fingerprint density at radius 1 is 1.24 bits per heavy atom. The first kappa shape index (κ1) is 14.1. The van der Waals surface area contributed by atoms with E-state index < -0.39 is 0 Å². The molecule has 0 spiro atoms. The third kappa shape index (κ3) is 3.09. The summed E-state index contributed by atoms with van der Waals surface area (Å²) in [6.07, 6.45) is 2.54. The molecule has 0 aromatic heterocycles. The first-order valence-electron chi connectivity index (χ1n) is 7.75. The number of nitrogens with zero attached hydrogens (tertiary/aromatic N) is 1. The molecule has 2 aliphatic rings. The molecule has 21 heavy (non-hydrogen) atoms. The van der Waals surface area contributed by atoms with Gasteiger partial charge in [0.15, 0.2) is 0 Å². The Labute approximate surface area is 125 Å². The van der Waals surface area contributed by atoms with Crippen LogP contribution in [0.1, 0.15) is 44.6 Å². The zero-order chi connectivity index (χ0) is 15.0. The Bertz CT molecular complexity index is 546. The van der Waals surface area contributed by atoms with Crippen LogP contribution in [0.5, 0.6) is 0 Å². The van der Waals surface area contributed by atoms with Crippen LogP contribution in [0.3, 0.4) is 0 Å². The highest BCUT2D eigenvalue weighted by Crippen LogP contribution is 2.33. The summed E-state index contributed by atoms with van der Waals surface area (Å²) in [4.78, 5) is 26.0. The molecule has 1 saturated carbocycles. The predicted molar refractivity (Wildman–Crippen MR) is 82.0 cm³/mol. The summed E-state index contributed by atoms with van der Waals surface area (Å²) >= 11 is 0. The van der Waals surface area contributed by atoms with E-state index >= 15 is 0 Å². The van der Waals surface area contributed by atoms with E-state index in [9.17, 15) is 9.59 Å². The highest BCUT2D eigenvalue weighted by atomic mass is 16.2. The van der Waals surface area contributed by atoms with Crippen LogP contribution in [0.25, 0.3) is 0 Å². The first-order chi connectivity index (χ1) is 10.0. The van der Waals surface area contributed by atoms with Crippen LogP contribution in [0.4, 0.5) is 5.69 Å². The summed E-state index contributed by atoms with van der Waals surface area (Å²) < 4.78 is 0. The fourth-order valence-corrected chi connectivity index (χ4v) is 2.84. The lowest BCUT2D eigenvalue weighted by Crippen LogP contribution is -2.29. The lowest BCUT2D eigenvalue weighted by Gasteiger charge is -2.15. The SMILES string of the molecule is CC(C)c1ccc(NC(=O)C2CC(=O)N(C3CC3)C2)cc1. The number of carbonyl (C=O) groups excluding carboxylic acids is 2. The monoisotopic (exact) mass is 286 g/mol. The maximum atomic E-state index is 12.3. The van der Waals surface area contributed by atoms with Crippen LogP contribution in [-0.2, 0) is 9.59 Å². The van der Waals surface area contributed by atoms with E-state index in [0.717, 1.165) is 18.5 Å². The van der Waals surface area contributed by atoms with Gasteiger partial charge in [0.2, 0.25) is 11.8 Å². The number of rotatable bonds is 4. The molecule has 2 amide bonds. The molecule has 1 N–H and O–H groups in total. The molecule has 4 nitrogen and oxygen atoms in total. The molecule has 0 radical (unpaired) electrons. The zero-order valence-electron chi connectivity index (χ0n) is 12.6. The molecule has 1 atom stereocenters. The molecule has 2 fully saturated rings. The molecule has 4 heteroatoms. The van der Waals surface area contributed by atoms with Crippen molar-refractivity contribution in [1.29, 1.82) is 0 Å². The Hall–Kier alpha value is -1.84. The Balaban J connectivity index is 1.60. The number of amides is 2. The van der Waals surface area contributed by atoms with Crippen LogP contribution in [-0.4, -0.2) is 29.3 Å². The molecule has 1 aromatic rings. The molecule has 1 aliphatic heterocycles. The van der Waals surface area contributed by atoms with Crippen LogP contribution >= 0.6 is 0 Å². The molecule has 0 bridgehead atoms. The number of carbonyl (C=O) groups is 2. The summed E-state index contributed by atoms with van der Waals surface area (Å²) in [5, 5.41) is 2.93. The number of nitrogens with one attached hydrogen (secondary N) is 1. The minimum atomic E-state index is -0.206. The van der Waals surface area contributed by atoms with Crippen LogP contribution in [0.15, 0.2) is 24.3 Å². The van der Waals surface area contributed by atoms with Crippen molar-refractivity contribution in [3.8, 4) is 0 Å². The number of anilines is 1. The molecule has 112 valence electrons. The normalized spacial score (nSPS) is 22.0. The maximum absolute atomic E-state index is 12.3. The Morgan fingerprint density at radius 3 is 2.48 bits per heavy atom. The van der Waals surface area contributed by atoms with Gasteiger partial charge >= 0.3 is 0 Å². The molecule has 1 unspecified atom stereocenters. The van der Waals surface area contributed by atoms with Gasteiger partial charge in [-0.3, -0.25) is 9.59 Å². The Morgan fingerprint density at radius 2 is 1.90 bits per heavy atom. The standard InChI is InChI=1S/C17H22N2O2/c1-11(2)12-3-5-14(6-4-12)18-17(21)13-9-16(20)19(10-13)15-7-8-15/h3-6,11,13,15H,7-10H2,1-2H3,(H,18,21). The first-order valence-corrected chi connectivity index (χ1v) is 7.75. The number of likely N-dealkylation sites (tertiary alicyclic amines) is 1. The van der Waals surface area contributed by atoms with Crippen molar-refractivity contribution in [3.63, 3.8) is 0 Å². The average Bonchev–Trinajstić information content (AvgIpc) is 3.22. The highest BCUT2D eigenvalue weighted by molar-refractivity contribution is 5.97. The van der Waals surface area contributed by atoms with E-state index in [4.69, 9.17) is 0 Å². The van der Waals surface area contributed by atoms with Crippen molar-refractivity contribution in [2.75, 3.05) is 11.9 Å². The van der Waals surface area contributed by atoms with E-state index in [0.29, 0.717) is 24.9 Å². The van der Waals surface area contributed by atoms with Gasteiger partial charge in [-0.2, -0.15) is 0 Å². The van der Waals surface area contributed by atoms with Crippen LogP contribution in [0, 0.1) is 5.92 Å². The quantitative estimate of drug-likeness (QED) is 0.925. The zero-order valence-corrected chi connectivity index (χ0v) is 12.6. The van der Waals surface area contributed by atoms with E-state index in [2.05, 4.69) is 19.2 Å². The minimum Gasteiger partial charge on any atom is -0.339 e. The van der Waals surface area contributed by atoms with Gasteiger partial charge in [0.25, 0.3) is 0 Å². The van der Waals surface area contributed by atoms with Crippen LogP contribution < -0.4 is 5.32 Å². The van der Waals surface area contributed by atoms with Gasteiger partial charge in [0.1, 0.15) is 0 Å². The fourth-order valence-electron chi connectivity index (χ4n) is 2.84. The topological polar surface area (TPSA) is 49.4 Å². The number of hydrogen-bond donors (Lipinski definition) is 1. The van der Waals surface area contributed by atoms with E-state index in [1.54, 1.807) is 0 Å². The van der Waals surface area contributed by atoms with Crippen LogP contribution in [0.2, 0.25) is 0 Å². The third-order valence-electron chi connectivity index (χ3n) is 4.36. The van der Waals surface area contributed by atoms with Crippen molar-refractivity contribution in [1.82, 2.24) is 4.90 Å². The summed E-state index contributed by atoms with van der Waals surface area (Å²) in [7, 11) is 0. The minimum absolute atomic E-state index is 0.0382. The molecular weight excluding hydrogens is 264 g/mol. The average molecular weight is 286 g/mol. The van der Waals surface area contributed by atoms with Gasteiger partial charge in [0.05, 0.1) is 5.92 Å². The molecule has 1 aromatic carbocycles. The van der Waals surface area contributed by atoms with Gasteiger partial charge in [-0.05, 0) is 36.5 Å². The van der Waals surface area contributed by atoms with Gasteiger partial charge in [-0.15, -0.1) is 0 Å². The molecular formula is C17H22N2O2. The van der Waals surface area contributed by atoms with E-state index in [1.165, 1.54) is 5.56 Å². The number of hydrogen-bond acceptors (Lipinski definition) is 2. The number of benzene rings is 1. The second kappa shape index (κ2) is 5.51. The summed E-state index contributed by atoms with van der Waals surface area (Å²) in [5.74, 6) is 0.369. The predicted octanol–water partition coefficient (Wildman–Crippen LogP) is 2.76. The third-order valence-corrected chi connectivity index (χ3v) is 4.36. The van der Waals surface area contributed by atoms with Crippen molar-refractivity contribution in [2.45, 2.75) is 45.1 Å². The van der Waals surface area contributed by atoms with E-state index in [1.807, 2.05) is 29.2 Å². The van der Waals surface area contributed by atoms with Crippen molar-refractivity contribution < 1.29 is 9.59 Å². The smallest absolute Gasteiger partial charge is 0.229 e. The molecule has 3 rings (SSSR count). The maximum Gasteiger partial charge on any atom is 0.229 e. The second-order valence-corrected chi connectivity index (χ2v) is 6.44. The summed E-state index contributed by atoms with van der Waals surface area (Å²) in [6.45, 7) is 4.87. The van der Waals surface area contributed by atoms with Gasteiger partial charge in [-0.1, -0.05) is 26.0 Å². The van der Waals surface area contributed by atoms with Crippen molar-refractivity contribution in [2.24, 2.45) is 5.92 Å². The van der Waals surface area contributed by atoms with Crippen molar-refractivity contribution in [3.05, 3.63) is 29.8 Å². The van der Waals surface area contributed by atoms with Gasteiger partial charge in [-0.25, -0.2) is 0 Å². The molecule has 1 heterocycles. The van der Waals surface area contributed by atoms with E-state index in [-0.39, 0.29) is 17.7 Å². The summed E-state index contributed by atoms with van der Waals surface area (Å²) in [5.41, 5.74) is 2.06. The van der Waals surface area contributed by atoms with Gasteiger partial charge < -0.3 is 10.2 Å². The molecule has 1 saturated heterocycles. The Kier molecular flexibility index (Phi) is 3.70. The molecule has 1 aliphatic carbocycles. The summed E-state index contributed by atoms with van der Waals surface area (Å²) in [6, 6.07) is 8.35. The highest BCUT2D eigenvalue weighted by Gasteiger charge is 2.41. The fraction of sp³-hybridized carbons (Fsp3) is 0.529. The van der Waals surface area contributed by atoms with Gasteiger partial charge in [0, 0.05) is 24.7 Å². The van der Waals surface area contributed by atoms with Crippen molar-refractivity contribution >= 4 is 17.5 Å². The largest absolute Gasteiger partial charge is 0.339 e. The lowest BCUT2D eigenvalue weighted by molar-refractivity contribution is -0.128.